The summed E-state index contributed by atoms with van der Waals surface area (Å²) in [5.41, 5.74) is 0.453. The minimum atomic E-state index is -3.73. The lowest BCUT2D eigenvalue weighted by molar-refractivity contribution is -0.116. The molecule has 0 radical (unpaired) electrons. The summed E-state index contributed by atoms with van der Waals surface area (Å²) in [4.78, 5) is 12.0. The van der Waals surface area contributed by atoms with Crippen molar-refractivity contribution in [1.29, 1.82) is 0 Å². The van der Waals surface area contributed by atoms with E-state index in [4.69, 9.17) is 11.8 Å². The van der Waals surface area contributed by atoms with Gasteiger partial charge in [0, 0.05) is 12.1 Å². The first-order valence-electron chi connectivity index (χ1n) is 9.02. The van der Waals surface area contributed by atoms with E-state index in [1.54, 1.807) is 16.4 Å². The normalized spacial score (nSPS) is 11.4. The standard InChI is InChI=1S/C18H29ClN2O3S/c1-2-3-4-5-6-7-8-9-10-14-18(22)20-16-12-11-13-17(15-16)25(23,24)21-19/h11-13,15,21H,2-10,14H2,1H3,(H,20,22). The molecule has 0 atom stereocenters. The highest BCUT2D eigenvalue weighted by molar-refractivity contribution is 7.90. The van der Waals surface area contributed by atoms with E-state index in [2.05, 4.69) is 12.2 Å². The van der Waals surface area contributed by atoms with Crippen molar-refractivity contribution in [2.24, 2.45) is 0 Å². The summed E-state index contributed by atoms with van der Waals surface area (Å²) in [6.45, 7) is 2.22. The van der Waals surface area contributed by atoms with Crippen LogP contribution in [0.25, 0.3) is 0 Å². The van der Waals surface area contributed by atoms with Crippen molar-refractivity contribution in [3.05, 3.63) is 24.3 Å². The van der Waals surface area contributed by atoms with E-state index in [9.17, 15) is 13.2 Å². The highest BCUT2D eigenvalue weighted by atomic mass is 35.5. The molecule has 5 nitrogen and oxygen atoms in total. The maximum absolute atomic E-state index is 11.9. The van der Waals surface area contributed by atoms with Gasteiger partial charge in [-0.1, -0.05) is 64.4 Å². The molecule has 1 amide bonds. The highest BCUT2D eigenvalue weighted by Gasteiger charge is 2.13. The number of carbonyl (C=O) groups is 1. The Bertz CT molecular complexity index is 621. The number of anilines is 1. The van der Waals surface area contributed by atoms with Crippen molar-refractivity contribution in [2.45, 2.75) is 76.0 Å². The lowest BCUT2D eigenvalue weighted by Crippen LogP contribution is -2.15. The SMILES string of the molecule is CCCCCCCCCCCC(=O)Nc1cccc(S(=O)(=O)NCl)c1. The van der Waals surface area contributed by atoms with Crippen LogP contribution in [0.15, 0.2) is 29.2 Å². The van der Waals surface area contributed by atoms with E-state index in [1.165, 1.54) is 50.7 Å². The molecule has 1 aromatic carbocycles. The number of nitrogens with one attached hydrogen (secondary N) is 2. The van der Waals surface area contributed by atoms with Gasteiger partial charge in [0.15, 0.2) is 0 Å². The molecule has 142 valence electrons. The Labute approximate surface area is 156 Å². The number of unbranched alkanes of at least 4 members (excludes halogenated alkanes) is 8. The molecule has 0 spiro atoms. The number of benzene rings is 1. The van der Waals surface area contributed by atoms with Gasteiger partial charge < -0.3 is 5.32 Å². The molecule has 0 heterocycles. The van der Waals surface area contributed by atoms with E-state index in [-0.39, 0.29) is 10.8 Å². The van der Waals surface area contributed by atoms with Crippen LogP contribution in [0.3, 0.4) is 0 Å². The predicted molar refractivity (Wildman–Crippen MR) is 103 cm³/mol. The highest BCUT2D eigenvalue weighted by Crippen LogP contribution is 2.16. The minimum Gasteiger partial charge on any atom is -0.326 e. The number of rotatable bonds is 13. The third-order valence-electron chi connectivity index (χ3n) is 4.04. The summed E-state index contributed by atoms with van der Waals surface area (Å²) in [6, 6.07) is 6.02. The summed E-state index contributed by atoms with van der Waals surface area (Å²) in [5.74, 6) is -0.101. The Morgan fingerprint density at radius 2 is 1.60 bits per heavy atom. The van der Waals surface area contributed by atoms with Gasteiger partial charge in [0.1, 0.15) is 0 Å². The number of amides is 1. The number of hydrogen-bond donors (Lipinski definition) is 2. The van der Waals surface area contributed by atoms with Gasteiger partial charge in [-0.15, -0.1) is 4.24 Å². The number of hydrogen-bond acceptors (Lipinski definition) is 3. The van der Waals surface area contributed by atoms with Crippen molar-refractivity contribution in [1.82, 2.24) is 4.24 Å². The molecular weight excluding hydrogens is 360 g/mol. The molecule has 0 aliphatic carbocycles. The van der Waals surface area contributed by atoms with Gasteiger partial charge in [-0.25, -0.2) is 8.42 Å². The number of sulfonamides is 1. The maximum atomic E-state index is 11.9. The molecule has 1 rings (SSSR count). The fraction of sp³-hybridized carbons (Fsp3) is 0.611. The molecule has 0 aromatic heterocycles. The summed E-state index contributed by atoms with van der Waals surface area (Å²) in [5, 5.41) is 2.73. The molecular formula is C18H29ClN2O3S. The molecule has 0 fully saturated rings. The molecule has 0 aliphatic rings. The molecule has 0 saturated heterocycles. The van der Waals surface area contributed by atoms with Crippen molar-refractivity contribution >= 4 is 33.4 Å². The Kier molecular flexibility index (Phi) is 10.8. The van der Waals surface area contributed by atoms with Crippen LogP contribution in [-0.4, -0.2) is 14.3 Å². The molecule has 0 unspecified atom stereocenters. The van der Waals surface area contributed by atoms with Gasteiger partial charge in [0.25, 0.3) is 10.0 Å². The Balaban J connectivity index is 2.24. The van der Waals surface area contributed by atoms with Crippen LogP contribution in [0.4, 0.5) is 5.69 Å². The monoisotopic (exact) mass is 388 g/mol. The van der Waals surface area contributed by atoms with Crippen molar-refractivity contribution in [3.63, 3.8) is 0 Å². The zero-order valence-electron chi connectivity index (χ0n) is 14.9. The zero-order chi connectivity index (χ0) is 18.5. The average Bonchev–Trinajstić information content (AvgIpc) is 2.60. The maximum Gasteiger partial charge on any atom is 0.253 e. The largest absolute Gasteiger partial charge is 0.326 e. The molecule has 7 heteroatoms. The van der Waals surface area contributed by atoms with E-state index >= 15 is 0 Å². The smallest absolute Gasteiger partial charge is 0.253 e. The predicted octanol–water partition coefficient (Wildman–Crippen LogP) is 4.98. The average molecular weight is 389 g/mol. The van der Waals surface area contributed by atoms with Crippen molar-refractivity contribution in [3.8, 4) is 0 Å². The van der Waals surface area contributed by atoms with Crippen molar-refractivity contribution in [2.75, 3.05) is 5.32 Å². The molecule has 1 aromatic rings. The zero-order valence-corrected chi connectivity index (χ0v) is 16.5. The summed E-state index contributed by atoms with van der Waals surface area (Å²) < 4.78 is 25.0. The Hall–Kier alpha value is -1.11. The second-order valence-electron chi connectivity index (χ2n) is 6.24. The summed E-state index contributed by atoms with van der Waals surface area (Å²) in [6.07, 6.45) is 11.2. The van der Waals surface area contributed by atoms with Gasteiger partial charge in [-0.3, -0.25) is 4.79 Å². The van der Waals surface area contributed by atoms with E-state index in [0.717, 1.165) is 19.3 Å². The first kappa shape index (κ1) is 21.9. The fourth-order valence-corrected chi connectivity index (χ4v) is 3.50. The van der Waals surface area contributed by atoms with E-state index < -0.39 is 10.0 Å². The van der Waals surface area contributed by atoms with Crippen LogP contribution in [0.1, 0.15) is 71.1 Å². The van der Waals surface area contributed by atoms with E-state index in [0.29, 0.717) is 12.1 Å². The van der Waals surface area contributed by atoms with Gasteiger partial charge in [-0.2, -0.15) is 0 Å². The number of carbonyl (C=O) groups excluding carboxylic acids is 1. The molecule has 0 aliphatic heterocycles. The fourth-order valence-electron chi connectivity index (χ4n) is 2.61. The first-order valence-corrected chi connectivity index (χ1v) is 10.9. The van der Waals surface area contributed by atoms with Gasteiger partial charge in [0.2, 0.25) is 5.91 Å². The minimum absolute atomic E-state index is 0.0170. The molecule has 25 heavy (non-hydrogen) atoms. The first-order chi connectivity index (χ1) is 12.0. The second-order valence-corrected chi connectivity index (χ2v) is 8.33. The van der Waals surface area contributed by atoms with Gasteiger partial charge >= 0.3 is 0 Å². The van der Waals surface area contributed by atoms with Crippen LogP contribution >= 0.6 is 11.8 Å². The topological polar surface area (TPSA) is 75.3 Å². The Morgan fingerprint density at radius 1 is 1.00 bits per heavy atom. The van der Waals surface area contributed by atoms with Gasteiger partial charge in [0.05, 0.1) is 4.90 Å². The summed E-state index contributed by atoms with van der Waals surface area (Å²) in [7, 11) is -3.73. The van der Waals surface area contributed by atoms with Crippen LogP contribution < -0.4 is 9.56 Å². The van der Waals surface area contributed by atoms with Crippen LogP contribution in [0.2, 0.25) is 0 Å². The molecule has 0 bridgehead atoms. The third kappa shape index (κ3) is 9.23. The third-order valence-corrected chi connectivity index (χ3v) is 5.72. The second kappa shape index (κ2) is 12.3. The van der Waals surface area contributed by atoms with Crippen LogP contribution in [0.5, 0.6) is 0 Å². The van der Waals surface area contributed by atoms with Crippen LogP contribution in [0, 0.1) is 0 Å². The van der Waals surface area contributed by atoms with E-state index in [1.807, 2.05) is 0 Å². The lowest BCUT2D eigenvalue weighted by Gasteiger charge is -2.07. The molecule has 2 N–H and O–H groups in total. The quantitative estimate of drug-likeness (QED) is 0.369. The van der Waals surface area contributed by atoms with Gasteiger partial charge in [-0.05, 0) is 36.4 Å². The molecule has 0 saturated carbocycles. The Morgan fingerprint density at radius 3 is 2.20 bits per heavy atom. The van der Waals surface area contributed by atoms with Crippen LogP contribution in [-0.2, 0) is 14.8 Å². The number of halogens is 1. The van der Waals surface area contributed by atoms with Crippen molar-refractivity contribution < 1.29 is 13.2 Å². The summed E-state index contributed by atoms with van der Waals surface area (Å²) >= 11 is 5.21. The lowest BCUT2D eigenvalue weighted by atomic mass is 10.1.